The topological polar surface area (TPSA) is 229 Å². The van der Waals surface area contributed by atoms with Crippen LogP contribution in [0.15, 0.2) is 73.2 Å². The van der Waals surface area contributed by atoms with Gasteiger partial charge in [-0.05, 0) is 83.3 Å². The zero-order valence-electron chi connectivity index (χ0n) is 60.7. The van der Waals surface area contributed by atoms with Crippen molar-refractivity contribution < 1.29 is 40.8 Å². The van der Waals surface area contributed by atoms with Gasteiger partial charge in [0.2, 0.25) is 49.1 Å². The number of terminal acetylenes is 1. The summed E-state index contributed by atoms with van der Waals surface area (Å²) in [5.74, 6) is 2.56. The minimum Gasteiger partial charge on any atom is -0.342 e. The Morgan fingerprint density at radius 3 is 1.50 bits per heavy atom. The first-order chi connectivity index (χ1) is 41.5. The lowest BCUT2D eigenvalue weighted by atomic mass is 9.87. The molecule has 1 saturated heterocycles. The van der Waals surface area contributed by atoms with Crippen molar-refractivity contribution in [3.05, 3.63) is 95.9 Å². The Morgan fingerprint density at radius 1 is 0.750 bits per heavy atom. The summed E-state index contributed by atoms with van der Waals surface area (Å²) < 4.78 is 45.7. The second-order valence-electron chi connectivity index (χ2n) is 31.1. The Bertz CT molecular complexity index is 3170. The molecule has 17 nitrogen and oxygen atoms in total. The number of para-hydroxylation sites is 1. The molecule has 0 unspecified atom stereocenters. The van der Waals surface area contributed by atoms with Crippen molar-refractivity contribution >= 4 is 72.5 Å². The molecular formula is C73H116N8O9S2. The first-order valence-corrected chi connectivity index (χ1v) is 34.6. The van der Waals surface area contributed by atoms with Crippen LogP contribution in [-0.4, -0.2) is 113 Å². The van der Waals surface area contributed by atoms with Crippen LogP contribution in [0.4, 0.5) is 0 Å². The van der Waals surface area contributed by atoms with E-state index < -0.39 is 42.5 Å². The average Bonchev–Trinajstić information content (AvgIpc) is 1.26. The van der Waals surface area contributed by atoms with Gasteiger partial charge in [-0.25, -0.2) is 28.4 Å². The third-order valence-corrected chi connectivity index (χ3v) is 17.3. The van der Waals surface area contributed by atoms with Gasteiger partial charge in [-0.3, -0.25) is 29.0 Å². The molecule has 2 saturated carbocycles. The average molecular weight is 1310 g/mol. The van der Waals surface area contributed by atoms with Crippen LogP contribution in [-0.2, 0) is 44.0 Å². The summed E-state index contributed by atoms with van der Waals surface area (Å²) in [4.78, 5) is 72.9. The fourth-order valence-electron chi connectivity index (χ4n) is 7.88. The van der Waals surface area contributed by atoms with Crippen LogP contribution in [0.25, 0.3) is 28.0 Å². The predicted octanol–water partition coefficient (Wildman–Crippen LogP) is 15.4. The zero-order chi connectivity index (χ0) is 72.5. The summed E-state index contributed by atoms with van der Waals surface area (Å²) in [5, 5.41) is 12.6. The molecule has 0 atom stereocenters. The molecule has 0 bridgehead atoms. The second kappa shape index (κ2) is 36.2. The molecule has 2 aromatic rings. The molecule has 19 heteroatoms. The quantitative estimate of drug-likeness (QED) is 0.0958. The number of carbonyl (C=O) groups is 5. The van der Waals surface area contributed by atoms with Crippen LogP contribution < -0.4 is 5.32 Å². The van der Waals surface area contributed by atoms with Crippen LogP contribution in [0.1, 0.15) is 229 Å². The molecule has 1 N–H and O–H groups in total. The van der Waals surface area contributed by atoms with Crippen molar-refractivity contribution in [3.63, 3.8) is 0 Å². The lowest BCUT2D eigenvalue weighted by Crippen LogP contribution is -2.42. The zero-order valence-corrected chi connectivity index (χ0v) is 62.4. The fourth-order valence-corrected chi connectivity index (χ4v) is 10.9. The fraction of sp³-hybridized carbons (Fsp3) is 0.630. The van der Waals surface area contributed by atoms with Gasteiger partial charge in [-0.2, -0.15) is 5.26 Å². The smallest absolute Gasteiger partial charge is 0.249 e. The molecule has 0 radical (unpaired) electrons. The Hall–Kier alpha value is -6.59. The maximum absolute atomic E-state index is 11.6. The van der Waals surface area contributed by atoms with Crippen molar-refractivity contribution in [2.75, 3.05) is 26.2 Å². The maximum atomic E-state index is 11.6. The number of fused-ring (bicyclic) bond motifs is 1. The first kappa shape index (κ1) is 87.5. The third kappa shape index (κ3) is 34.4. The minimum absolute atomic E-state index is 0.0402. The molecule has 514 valence electrons. The molecule has 0 spiro atoms. The number of nitrogens with one attached hydrogen (secondary N) is 1. The van der Waals surface area contributed by atoms with Crippen LogP contribution in [0.2, 0.25) is 0 Å². The number of aromatic nitrogens is 2. The number of hydrogen-bond donors (Lipinski definition) is 1. The van der Waals surface area contributed by atoms with E-state index in [1.807, 2.05) is 117 Å². The maximum Gasteiger partial charge on any atom is 0.249 e. The highest BCUT2D eigenvalue weighted by molar-refractivity contribution is 8.06. The van der Waals surface area contributed by atoms with Gasteiger partial charge < -0.3 is 20.0 Å². The monoisotopic (exact) mass is 1310 g/mol. The Balaban J connectivity index is 0. The van der Waals surface area contributed by atoms with E-state index in [-0.39, 0.29) is 50.6 Å². The van der Waals surface area contributed by atoms with Crippen LogP contribution in [0, 0.1) is 68.2 Å². The summed E-state index contributed by atoms with van der Waals surface area (Å²) >= 11 is 0. The summed E-state index contributed by atoms with van der Waals surface area (Å²) in [6, 6.07) is 7.46. The van der Waals surface area contributed by atoms with Gasteiger partial charge in [0.15, 0.2) is 5.78 Å². The van der Waals surface area contributed by atoms with Crippen molar-refractivity contribution in [3.8, 4) is 18.4 Å². The van der Waals surface area contributed by atoms with E-state index in [1.165, 1.54) is 26.7 Å². The molecule has 6 rings (SSSR count). The number of benzene rings is 1. The molecule has 1 aromatic heterocycles. The number of Topliss-reactive ketones (excluding diaryl/α,β-unsaturated/α-hetero) is 2. The SMILES string of the molecule is C#CC(C)(C)C.C=CS(=O)(=O)N(C(C)C)S(=O)(=O)C=C.C=Cc1cnc2c(/C=C/C(C)(C)C)cccc2n1.CC(C)(C)C(=O)N1CC=CC1.CC(C)(C)C(=O)N1CCCC1.CC(C)(C)C(=O)NC1(C#N)CC1.CCC(=O)C(=O)C(C)(C)C.[C-]#[N+]C1(CC(C)(C)C)CC1. The number of rotatable bonds is 11. The van der Waals surface area contributed by atoms with Crippen LogP contribution in [0.5, 0.6) is 0 Å². The van der Waals surface area contributed by atoms with E-state index in [0.29, 0.717) is 32.3 Å². The third-order valence-electron chi connectivity index (χ3n) is 13.3. The second-order valence-corrected chi connectivity index (χ2v) is 34.8. The predicted molar refractivity (Wildman–Crippen MR) is 380 cm³/mol. The van der Waals surface area contributed by atoms with Gasteiger partial charge >= 0.3 is 0 Å². The normalized spacial score (nSPS) is 15.6. The van der Waals surface area contributed by atoms with Gasteiger partial charge in [0.25, 0.3) is 0 Å². The number of nitriles is 1. The minimum atomic E-state index is -3.99. The largest absolute Gasteiger partial charge is 0.342 e. The number of hydrogen-bond acceptors (Lipinski definition) is 12. The molecule has 2 aliphatic carbocycles. The van der Waals surface area contributed by atoms with Gasteiger partial charge in [0, 0.05) is 101 Å². The molecule has 3 fully saturated rings. The van der Waals surface area contributed by atoms with Crippen molar-refractivity contribution in [2.24, 2.45) is 37.9 Å². The van der Waals surface area contributed by atoms with Crippen molar-refractivity contribution in [2.45, 2.75) is 235 Å². The Morgan fingerprint density at radius 2 is 1.21 bits per heavy atom. The molecular weight excluding hydrogens is 1200 g/mol. The molecule has 2 aliphatic heterocycles. The van der Waals surface area contributed by atoms with E-state index in [9.17, 15) is 40.8 Å². The number of ketones is 2. The highest BCUT2D eigenvalue weighted by atomic mass is 32.3. The van der Waals surface area contributed by atoms with Crippen LogP contribution >= 0.6 is 0 Å². The van der Waals surface area contributed by atoms with E-state index in [2.05, 4.69) is 112 Å². The number of sulfonamides is 2. The van der Waals surface area contributed by atoms with E-state index in [4.69, 9.17) is 18.3 Å². The van der Waals surface area contributed by atoms with Crippen molar-refractivity contribution in [1.29, 1.82) is 5.26 Å². The highest BCUT2D eigenvalue weighted by Crippen LogP contribution is 2.48. The number of nitrogens with zero attached hydrogens (tertiary/aromatic N) is 7. The van der Waals surface area contributed by atoms with Crippen LogP contribution in [0.3, 0.4) is 0 Å². The van der Waals surface area contributed by atoms with E-state index in [0.717, 1.165) is 80.6 Å². The van der Waals surface area contributed by atoms with Gasteiger partial charge in [0.1, 0.15) is 5.54 Å². The standard InChI is InChI=1S/C16H18N2.C9H14N2O.C9H17NO.C9H15NO.C9H15N.C8H14O2.C7H13NO4S2.C6H10/c1-5-13-11-17-15-12(9-10-16(2,3)4)7-6-8-14(15)18-13;1-8(2,3)7(12)11-9(6-10)4-5-9;2*1-9(2,3)8(11)10-6-4-5-7-10;1-8(2,3)7-9(10-4)5-6-9;1-5-6(9)7(10)8(2,3)4;1-5-13(9,10)8(7(3)4)14(11,12)6-2;1-5-6(2,3)4/h5-11H,1H2,2-4H3;4-5H2,1-3H3,(H,11,12);4-7H2,1-3H3;4-5H,6-7H2,1-3H3;5-7H2,1-3H3;5H2,1-4H3;5-7H,1-2H2,3-4H3;1H,2-4H3/b10-9+;;;;;;;. The molecule has 4 aliphatic rings. The molecule has 1 aromatic carbocycles. The number of carbonyl (C=O) groups excluding carboxylic acids is 5. The van der Waals surface area contributed by atoms with Gasteiger partial charge in [0.05, 0.1) is 29.0 Å². The molecule has 3 heterocycles. The first-order valence-electron chi connectivity index (χ1n) is 31.6. The Labute approximate surface area is 557 Å². The van der Waals surface area contributed by atoms with Gasteiger partial charge in [-0.1, -0.05) is 191 Å². The van der Waals surface area contributed by atoms with E-state index >= 15 is 0 Å². The van der Waals surface area contributed by atoms with Crippen molar-refractivity contribution in [1.82, 2.24) is 28.8 Å². The summed E-state index contributed by atoms with van der Waals surface area (Å²) in [7, 11) is -7.98. The Kier molecular flexibility index (Phi) is 34.4. The van der Waals surface area contributed by atoms with E-state index in [1.54, 1.807) is 40.0 Å². The van der Waals surface area contributed by atoms with Gasteiger partial charge in [-0.15, -0.1) is 12.3 Å². The molecule has 92 heavy (non-hydrogen) atoms. The highest BCUT2D eigenvalue weighted by Gasteiger charge is 2.52. The summed E-state index contributed by atoms with van der Waals surface area (Å²) in [5.41, 5.74) is 2.54. The number of likely N-dealkylation sites (tertiary alicyclic amines) is 1. The number of allylic oxidation sites excluding steroid dienone is 1. The molecule has 3 amide bonds. The summed E-state index contributed by atoms with van der Waals surface area (Å²) in [6.07, 6.45) is 24.5. The summed E-state index contributed by atoms with van der Waals surface area (Å²) in [6.45, 7) is 66.7. The lowest BCUT2D eigenvalue weighted by molar-refractivity contribution is -0.141. The number of amides is 3. The lowest BCUT2D eigenvalue weighted by Gasteiger charge is -2.25.